The third-order valence-corrected chi connectivity index (χ3v) is 10.0. The van der Waals surface area contributed by atoms with Crippen molar-refractivity contribution >= 4 is 0 Å². The van der Waals surface area contributed by atoms with Crippen LogP contribution in [0.5, 0.6) is 0 Å². The summed E-state index contributed by atoms with van der Waals surface area (Å²) >= 11 is 0. The van der Waals surface area contributed by atoms with Crippen LogP contribution < -0.4 is 11.1 Å². The SMILES string of the molecule is C=C1CCC2[C@H](CN)C([C@@]3(C)CC[C@H](O)C[C@@H]3CNC3CCCC3)CC[C@]12C. The van der Waals surface area contributed by atoms with E-state index in [4.69, 9.17) is 5.73 Å². The molecule has 0 aromatic rings. The normalized spacial score (nSPS) is 47.4. The van der Waals surface area contributed by atoms with Gasteiger partial charge in [-0.1, -0.05) is 38.8 Å². The Kier molecular flexibility index (Phi) is 5.99. The minimum absolute atomic E-state index is 0.111. The zero-order valence-electron chi connectivity index (χ0n) is 18.4. The number of aliphatic hydroxyl groups is 1. The van der Waals surface area contributed by atoms with E-state index in [1.54, 1.807) is 0 Å². The lowest BCUT2D eigenvalue weighted by Crippen LogP contribution is -2.54. The maximum absolute atomic E-state index is 10.5. The van der Waals surface area contributed by atoms with E-state index in [1.807, 2.05) is 0 Å². The average molecular weight is 389 g/mol. The molecule has 7 atom stereocenters. The zero-order valence-corrected chi connectivity index (χ0v) is 18.4. The molecule has 4 aliphatic rings. The van der Waals surface area contributed by atoms with Gasteiger partial charge in [-0.3, -0.25) is 0 Å². The second-order valence-corrected chi connectivity index (χ2v) is 11.2. The summed E-state index contributed by atoms with van der Waals surface area (Å²) in [5, 5.41) is 14.4. The molecular weight excluding hydrogens is 344 g/mol. The van der Waals surface area contributed by atoms with Gasteiger partial charge in [0.2, 0.25) is 0 Å². The molecule has 0 radical (unpaired) electrons. The molecule has 4 N–H and O–H groups in total. The first-order chi connectivity index (χ1) is 13.4. The number of rotatable bonds is 5. The molecule has 3 heteroatoms. The Bertz CT molecular complexity index is 571. The number of nitrogens with one attached hydrogen (secondary N) is 1. The average Bonchev–Trinajstić information content (AvgIpc) is 3.30. The van der Waals surface area contributed by atoms with Crippen molar-refractivity contribution in [3.05, 3.63) is 12.2 Å². The summed E-state index contributed by atoms with van der Waals surface area (Å²) in [6.45, 7) is 11.4. The van der Waals surface area contributed by atoms with Gasteiger partial charge in [0.15, 0.2) is 0 Å². The Morgan fingerprint density at radius 3 is 2.54 bits per heavy atom. The van der Waals surface area contributed by atoms with Crippen LogP contribution >= 0.6 is 0 Å². The largest absolute Gasteiger partial charge is 0.393 e. The van der Waals surface area contributed by atoms with Gasteiger partial charge in [0, 0.05) is 6.04 Å². The molecule has 160 valence electrons. The predicted molar refractivity (Wildman–Crippen MR) is 117 cm³/mol. The van der Waals surface area contributed by atoms with Crippen molar-refractivity contribution in [1.29, 1.82) is 0 Å². The van der Waals surface area contributed by atoms with Crippen molar-refractivity contribution in [1.82, 2.24) is 5.32 Å². The molecule has 2 unspecified atom stereocenters. The third kappa shape index (κ3) is 3.50. The van der Waals surface area contributed by atoms with Crippen LogP contribution in [0.1, 0.15) is 84.5 Å². The first-order valence-corrected chi connectivity index (χ1v) is 12.2. The molecule has 0 aromatic heterocycles. The van der Waals surface area contributed by atoms with Gasteiger partial charge >= 0.3 is 0 Å². The number of fused-ring (bicyclic) bond motifs is 1. The molecule has 0 aliphatic heterocycles. The van der Waals surface area contributed by atoms with Crippen LogP contribution in [0, 0.1) is 34.5 Å². The van der Waals surface area contributed by atoms with E-state index < -0.39 is 0 Å². The number of hydrogen-bond donors (Lipinski definition) is 3. The van der Waals surface area contributed by atoms with Gasteiger partial charge in [-0.25, -0.2) is 0 Å². The van der Waals surface area contributed by atoms with E-state index in [0.717, 1.165) is 38.3 Å². The van der Waals surface area contributed by atoms with Gasteiger partial charge in [0.05, 0.1) is 6.10 Å². The van der Waals surface area contributed by atoms with E-state index in [-0.39, 0.29) is 6.10 Å². The molecule has 4 saturated carbocycles. The number of allylic oxidation sites excluding steroid dienone is 1. The third-order valence-electron chi connectivity index (χ3n) is 10.0. The predicted octanol–water partition coefficient (Wildman–Crippen LogP) is 4.64. The fourth-order valence-corrected chi connectivity index (χ4v) is 7.98. The number of aliphatic hydroxyl groups excluding tert-OH is 1. The number of hydrogen-bond acceptors (Lipinski definition) is 3. The van der Waals surface area contributed by atoms with E-state index in [2.05, 4.69) is 25.7 Å². The molecular formula is C25H44N2O. The van der Waals surface area contributed by atoms with Crippen LogP contribution in [-0.2, 0) is 0 Å². The van der Waals surface area contributed by atoms with Gasteiger partial charge in [-0.15, -0.1) is 0 Å². The van der Waals surface area contributed by atoms with E-state index in [0.29, 0.717) is 34.6 Å². The van der Waals surface area contributed by atoms with Crippen LogP contribution in [0.2, 0.25) is 0 Å². The molecule has 0 bridgehead atoms. The summed E-state index contributed by atoms with van der Waals surface area (Å²) in [5.41, 5.74) is 8.58. The van der Waals surface area contributed by atoms with Crippen LogP contribution in [0.4, 0.5) is 0 Å². The maximum atomic E-state index is 10.5. The Balaban J connectivity index is 1.54. The minimum Gasteiger partial charge on any atom is -0.393 e. The molecule has 28 heavy (non-hydrogen) atoms. The minimum atomic E-state index is -0.111. The standard InChI is InChI=1S/C25H44N2O/c1-17-8-9-22-21(15-26)23(11-13-24(17,22)2)25(3)12-10-20(28)14-18(25)16-27-19-6-4-5-7-19/h18-23,27-28H,1,4-16,26H2,2-3H3/t18-,20+,21+,22?,23?,24-,25+/m1/s1. The molecule has 0 saturated heterocycles. The summed E-state index contributed by atoms with van der Waals surface area (Å²) < 4.78 is 0. The molecule has 0 heterocycles. The highest BCUT2D eigenvalue weighted by molar-refractivity contribution is 5.21. The Morgan fingerprint density at radius 2 is 1.82 bits per heavy atom. The lowest BCUT2D eigenvalue weighted by Gasteiger charge is -2.57. The van der Waals surface area contributed by atoms with Crippen molar-refractivity contribution < 1.29 is 5.11 Å². The topological polar surface area (TPSA) is 58.3 Å². The van der Waals surface area contributed by atoms with Crippen LogP contribution in [0.25, 0.3) is 0 Å². The van der Waals surface area contributed by atoms with Crippen molar-refractivity contribution in [2.24, 2.45) is 40.2 Å². The van der Waals surface area contributed by atoms with Crippen molar-refractivity contribution in [3.63, 3.8) is 0 Å². The van der Waals surface area contributed by atoms with Gasteiger partial charge in [-0.05, 0) is 105 Å². The van der Waals surface area contributed by atoms with Gasteiger partial charge < -0.3 is 16.2 Å². The molecule has 4 fully saturated rings. The molecule has 0 amide bonds. The molecule has 4 aliphatic carbocycles. The monoisotopic (exact) mass is 388 g/mol. The fourth-order valence-electron chi connectivity index (χ4n) is 7.98. The van der Waals surface area contributed by atoms with Crippen molar-refractivity contribution in [2.45, 2.75) is 96.6 Å². The van der Waals surface area contributed by atoms with Crippen LogP contribution in [0.15, 0.2) is 12.2 Å². The second kappa shape index (κ2) is 8.04. The van der Waals surface area contributed by atoms with Crippen LogP contribution in [0.3, 0.4) is 0 Å². The van der Waals surface area contributed by atoms with Crippen molar-refractivity contribution in [2.75, 3.05) is 13.1 Å². The quantitative estimate of drug-likeness (QED) is 0.601. The van der Waals surface area contributed by atoms with Gasteiger partial charge in [0.1, 0.15) is 0 Å². The summed E-state index contributed by atoms with van der Waals surface area (Å²) in [6, 6.07) is 0.710. The summed E-state index contributed by atoms with van der Waals surface area (Å²) in [4.78, 5) is 0. The molecule has 0 spiro atoms. The molecule has 4 rings (SSSR count). The van der Waals surface area contributed by atoms with E-state index in [9.17, 15) is 5.11 Å². The van der Waals surface area contributed by atoms with Gasteiger partial charge in [-0.2, -0.15) is 0 Å². The zero-order chi connectivity index (χ0) is 19.9. The number of nitrogens with two attached hydrogens (primary N) is 1. The van der Waals surface area contributed by atoms with Crippen LogP contribution in [-0.4, -0.2) is 30.3 Å². The summed E-state index contributed by atoms with van der Waals surface area (Å²) in [5.74, 6) is 2.61. The Hall–Kier alpha value is -0.380. The van der Waals surface area contributed by atoms with Crippen molar-refractivity contribution in [3.8, 4) is 0 Å². The molecule has 3 nitrogen and oxygen atoms in total. The first kappa shape index (κ1) is 20.9. The maximum Gasteiger partial charge on any atom is 0.0543 e. The Morgan fingerprint density at radius 1 is 1.07 bits per heavy atom. The highest BCUT2D eigenvalue weighted by atomic mass is 16.3. The highest BCUT2D eigenvalue weighted by Gasteiger charge is 2.56. The smallest absolute Gasteiger partial charge is 0.0543 e. The summed E-state index contributed by atoms with van der Waals surface area (Å²) in [7, 11) is 0. The second-order valence-electron chi connectivity index (χ2n) is 11.2. The molecule has 0 aromatic carbocycles. The lowest BCUT2D eigenvalue weighted by atomic mass is 9.49. The highest BCUT2D eigenvalue weighted by Crippen LogP contribution is 2.63. The van der Waals surface area contributed by atoms with Gasteiger partial charge in [0.25, 0.3) is 0 Å². The van der Waals surface area contributed by atoms with E-state index >= 15 is 0 Å². The fraction of sp³-hybridized carbons (Fsp3) is 0.920. The first-order valence-electron chi connectivity index (χ1n) is 12.2. The summed E-state index contributed by atoms with van der Waals surface area (Å²) in [6.07, 6.45) is 13.5. The lowest BCUT2D eigenvalue weighted by molar-refractivity contribution is -0.0785. The Labute approximate surface area is 172 Å². The van der Waals surface area contributed by atoms with E-state index in [1.165, 1.54) is 56.9 Å².